The molecule has 0 bridgehead atoms. The number of methoxy groups -OCH3 is 1. The largest absolute Gasteiger partial charge is 0.497 e. The number of carbonyl (C=O) groups is 2. The first-order valence-electron chi connectivity index (χ1n) is 8.42. The maximum absolute atomic E-state index is 11.8. The molecule has 2 aromatic rings. The smallest absolute Gasteiger partial charge is 0.243 e. The van der Waals surface area contributed by atoms with E-state index in [4.69, 9.17) is 4.74 Å². The lowest BCUT2D eigenvalue weighted by Crippen LogP contribution is -2.32. The molecule has 0 saturated heterocycles. The number of aryl methyl sites for hydroxylation is 1. The molecule has 0 unspecified atom stereocenters. The third-order valence-corrected chi connectivity index (χ3v) is 3.78. The van der Waals surface area contributed by atoms with Gasteiger partial charge in [-0.3, -0.25) is 9.59 Å². The number of carbonyl (C=O) groups excluding carboxylic acids is 2. The van der Waals surface area contributed by atoms with E-state index in [0.29, 0.717) is 6.42 Å². The normalized spacial score (nSPS) is 10.1. The summed E-state index contributed by atoms with van der Waals surface area (Å²) in [6, 6.07) is 17.1. The van der Waals surface area contributed by atoms with E-state index in [1.165, 1.54) is 5.56 Å². The average Bonchev–Trinajstić information content (AvgIpc) is 2.65. The molecule has 0 radical (unpaired) electrons. The maximum Gasteiger partial charge on any atom is 0.243 e. The fourth-order valence-electron chi connectivity index (χ4n) is 2.40. The molecule has 0 aromatic heterocycles. The van der Waals surface area contributed by atoms with E-state index in [-0.39, 0.29) is 18.4 Å². The second-order valence-corrected chi connectivity index (χ2v) is 5.75. The minimum absolute atomic E-state index is 0.00773. The predicted molar refractivity (Wildman–Crippen MR) is 98.6 cm³/mol. The Morgan fingerprint density at radius 3 is 2.32 bits per heavy atom. The zero-order chi connectivity index (χ0) is 17.9. The van der Waals surface area contributed by atoms with Crippen LogP contribution in [-0.2, 0) is 16.0 Å². The van der Waals surface area contributed by atoms with Gasteiger partial charge in [0.15, 0.2) is 0 Å². The Bertz CT molecular complexity index is 669. The van der Waals surface area contributed by atoms with Crippen molar-refractivity contribution >= 4 is 17.5 Å². The van der Waals surface area contributed by atoms with Gasteiger partial charge in [0, 0.05) is 12.1 Å². The quantitative estimate of drug-likeness (QED) is 0.689. The summed E-state index contributed by atoms with van der Waals surface area (Å²) in [5, 5.41) is 5.38. The van der Waals surface area contributed by atoms with Gasteiger partial charge in [-0.25, -0.2) is 0 Å². The van der Waals surface area contributed by atoms with Crippen molar-refractivity contribution in [1.82, 2.24) is 5.32 Å². The number of rotatable bonds is 9. The van der Waals surface area contributed by atoms with Crippen molar-refractivity contribution in [2.45, 2.75) is 25.7 Å². The van der Waals surface area contributed by atoms with Crippen LogP contribution in [-0.4, -0.2) is 25.5 Å². The van der Waals surface area contributed by atoms with Crippen molar-refractivity contribution in [1.29, 1.82) is 0 Å². The van der Waals surface area contributed by atoms with Gasteiger partial charge in [0.1, 0.15) is 5.75 Å². The Hall–Kier alpha value is -2.82. The van der Waals surface area contributed by atoms with E-state index < -0.39 is 0 Å². The second-order valence-electron chi connectivity index (χ2n) is 5.75. The standard InChI is InChI=1S/C20H24N2O3/c1-25-18-13-11-16(12-14-18)7-5-6-10-19(23)21-15-20(24)22-17-8-3-2-4-9-17/h2-4,8-9,11-14H,5-7,10,15H2,1H3,(H,21,23)(H,22,24). The molecule has 0 fully saturated rings. The Morgan fingerprint density at radius 1 is 0.920 bits per heavy atom. The number of hydrogen-bond donors (Lipinski definition) is 2. The molecule has 0 saturated carbocycles. The third-order valence-electron chi connectivity index (χ3n) is 3.78. The first kappa shape index (κ1) is 18.5. The molecule has 2 N–H and O–H groups in total. The number of benzene rings is 2. The summed E-state index contributed by atoms with van der Waals surface area (Å²) in [6.45, 7) is -0.00773. The van der Waals surface area contributed by atoms with E-state index in [0.717, 1.165) is 30.7 Å². The van der Waals surface area contributed by atoms with E-state index >= 15 is 0 Å². The zero-order valence-corrected chi connectivity index (χ0v) is 14.5. The van der Waals surface area contributed by atoms with Crippen LogP contribution in [0.1, 0.15) is 24.8 Å². The number of amides is 2. The summed E-state index contributed by atoms with van der Waals surface area (Å²) in [5.41, 5.74) is 1.95. The van der Waals surface area contributed by atoms with E-state index in [1.807, 2.05) is 42.5 Å². The zero-order valence-electron chi connectivity index (χ0n) is 14.5. The number of ether oxygens (including phenoxy) is 1. The van der Waals surface area contributed by atoms with Gasteiger partial charge >= 0.3 is 0 Å². The summed E-state index contributed by atoms with van der Waals surface area (Å²) < 4.78 is 5.12. The van der Waals surface area contributed by atoms with Crippen molar-refractivity contribution < 1.29 is 14.3 Å². The molecular formula is C20H24N2O3. The summed E-state index contributed by atoms with van der Waals surface area (Å²) in [6.07, 6.45) is 3.06. The van der Waals surface area contributed by atoms with Gasteiger partial charge in [0.2, 0.25) is 11.8 Å². The molecule has 2 rings (SSSR count). The highest BCUT2D eigenvalue weighted by Gasteiger charge is 2.06. The predicted octanol–water partition coefficient (Wildman–Crippen LogP) is 3.16. The van der Waals surface area contributed by atoms with Crippen molar-refractivity contribution in [2.75, 3.05) is 19.0 Å². The highest BCUT2D eigenvalue weighted by molar-refractivity contribution is 5.94. The third kappa shape index (κ3) is 7.08. The van der Waals surface area contributed by atoms with Gasteiger partial charge in [0.25, 0.3) is 0 Å². The molecule has 5 heteroatoms. The van der Waals surface area contributed by atoms with E-state index in [1.54, 1.807) is 19.2 Å². The molecule has 25 heavy (non-hydrogen) atoms. The van der Waals surface area contributed by atoms with Crippen LogP contribution in [0.3, 0.4) is 0 Å². The van der Waals surface area contributed by atoms with Crippen LogP contribution in [0.5, 0.6) is 5.75 Å². The highest BCUT2D eigenvalue weighted by atomic mass is 16.5. The van der Waals surface area contributed by atoms with Gasteiger partial charge in [-0.05, 0) is 49.1 Å². The van der Waals surface area contributed by atoms with Crippen molar-refractivity contribution in [3.05, 3.63) is 60.2 Å². The Kier molecular flexibility index (Phi) is 7.50. The maximum atomic E-state index is 11.8. The molecule has 2 aromatic carbocycles. The lowest BCUT2D eigenvalue weighted by molar-refractivity contribution is -0.124. The highest BCUT2D eigenvalue weighted by Crippen LogP contribution is 2.13. The number of para-hydroxylation sites is 1. The molecule has 0 atom stereocenters. The van der Waals surface area contributed by atoms with Gasteiger partial charge in [-0.1, -0.05) is 30.3 Å². The first-order chi connectivity index (χ1) is 12.2. The first-order valence-corrected chi connectivity index (χ1v) is 8.42. The SMILES string of the molecule is COc1ccc(CCCCC(=O)NCC(=O)Nc2ccccc2)cc1. The van der Waals surface area contributed by atoms with Crippen LogP contribution in [0.25, 0.3) is 0 Å². The second kappa shape index (κ2) is 10.1. The number of hydrogen-bond acceptors (Lipinski definition) is 3. The summed E-state index contributed by atoms with van der Waals surface area (Å²) in [5.74, 6) is 0.521. The van der Waals surface area contributed by atoms with E-state index in [9.17, 15) is 9.59 Å². The molecule has 0 aliphatic heterocycles. The molecule has 0 aliphatic rings. The lowest BCUT2D eigenvalue weighted by Gasteiger charge is -2.07. The number of nitrogens with one attached hydrogen (secondary N) is 2. The van der Waals surface area contributed by atoms with Crippen molar-refractivity contribution in [3.63, 3.8) is 0 Å². The Balaban J connectivity index is 1.58. The number of anilines is 1. The molecule has 132 valence electrons. The van der Waals surface area contributed by atoms with Crippen LogP contribution in [0, 0.1) is 0 Å². The van der Waals surface area contributed by atoms with Gasteiger partial charge in [0.05, 0.1) is 13.7 Å². The van der Waals surface area contributed by atoms with Crippen LogP contribution >= 0.6 is 0 Å². The van der Waals surface area contributed by atoms with Crippen LogP contribution < -0.4 is 15.4 Å². The Morgan fingerprint density at radius 2 is 1.64 bits per heavy atom. The van der Waals surface area contributed by atoms with Gasteiger partial charge < -0.3 is 15.4 Å². The Labute approximate surface area is 148 Å². The van der Waals surface area contributed by atoms with Crippen molar-refractivity contribution in [3.8, 4) is 5.75 Å². The van der Waals surface area contributed by atoms with E-state index in [2.05, 4.69) is 10.6 Å². The molecular weight excluding hydrogens is 316 g/mol. The van der Waals surface area contributed by atoms with Crippen LogP contribution in [0.15, 0.2) is 54.6 Å². The molecule has 2 amide bonds. The fraction of sp³-hybridized carbons (Fsp3) is 0.300. The summed E-state index contributed by atoms with van der Waals surface area (Å²) in [7, 11) is 1.65. The molecule has 5 nitrogen and oxygen atoms in total. The van der Waals surface area contributed by atoms with Crippen LogP contribution in [0.4, 0.5) is 5.69 Å². The average molecular weight is 340 g/mol. The number of unbranched alkanes of at least 4 members (excludes halogenated alkanes) is 1. The molecule has 0 heterocycles. The molecule has 0 spiro atoms. The fourth-order valence-corrected chi connectivity index (χ4v) is 2.40. The minimum Gasteiger partial charge on any atom is -0.497 e. The monoisotopic (exact) mass is 340 g/mol. The molecule has 0 aliphatic carbocycles. The lowest BCUT2D eigenvalue weighted by atomic mass is 10.1. The van der Waals surface area contributed by atoms with Gasteiger partial charge in [-0.15, -0.1) is 0 Å². The summed E-state index contributed by atoms with van der Waals surface area (Å²) >= 11 is 0. The van der Waals surface area contributed by atoms with Crippen molar-refractivity contribution in [2.24, 2.45) is 0 Å². The summed E-state index contributed by atoms with van der Waals surface area (Å²) in [4.78, 5) is 23.5. The van der Waals surface area contributed by atoms with Crippen LogP contribution in [0.2, 0.25) is 0 Å². The topological polar surface area (TPSA) is 67.4 Å². The van der Waals surface area contributed by atoms with Gasteiger partial charge in [-0.2, -0.15) is 0 Å². The minimum atomic E-state index is -0.224.